The van der Waals surface area contributed by atoms with Gasteiger partial charge in [-0.2, -0.15) is 6.07 Å². The number of fused-ring (bicyclic) bond motifs is 4. The molecule has 0 aliphatic carbocycles. The Hall–Kier alpha value is -6.42. The van der Waals surface area contributed by atoms with Crippen LogP contribution in [0.1, 0.15) is 76.0 Å². The SMILES string of the molecule is CC(C)c1cc(C(C)C)cc(N2[CH-]N(c3[c-]c(Oc4[c-]c5c(c(C(C)C)c4)c4ccccc4n5-c4cc(-c5ccccc5-c5ccccc5)ccn4)ccc3)c3ccccc32)c1.[Pt]. The minimum absolute atomic E-state index is 0. The first-order valence-corrected chi connectivity index (χ1v) is 21.7. The Labute approximate surface area is 385 Å². The van der Waals surface area contributed by atoms with E-state index in [1.807, 2.05) is 18.3 Å². The molecule has 3 heterocycles. The second-order valence-electron chi connectivity index (χ2n) is 17.1. The molecule has 0 atom stereocenters. The number of hydrogen-bond donors (Lipinski definition) is 0. The number of benzene rings is 7. The van der Waals surface area contributed by atoms with Crippen molar-refractivity contribution in [1.82, 2.24) is 9.55 Å². The van der Waals surface area contributed by atoms with Crippen molar-refractivity contribution in [2.45, 2.75) is 59.3 Å². The van der Waals surface area contributed by atoms with Crippen molar-refractivity contribution in [3.63, 3.8) is 0 Å². The molecule has 0 saturated carbocycles. The third-order valence-corrected chi connectivity index (χ3v) is 12.0. The van der Waals surface area contributed by atoms with Crippen molar-refractivity contribution in [2.75, 3.05) is 9.80 Å². The van der Waals surface area contributed by atoms with Gasteiger partial charge in [-0.1, -0.05) is 143 Å². The van der Waals surface area contributed by atoms with Crippen molar-refractivity contribution < 1.29 is 25.8 Å². The Morgan fingerprint density at radius 2 is 1.21 bits per heavy atom. The first kappa shape index (κ1) is 41.9. The third kappa shape index (κ3) is 7.85. The molecule has 5 nitrogen and oxygen atoms in total. The van der Waals surface area contributed by atoms with Crippen molar-refractivity contribution in [1.29, 1.82) is 0 Å². The van der Waals surface area contributed by atoms with Gasteiger partial charge in [-0.25, -0.2) is 4.98 Å². The molecule has 6 heteroatoms. The summed E-state index contributed by atoms with van der Waals surface area (Å²) in [4.78, 5) is 9.52. The van der Waals surface area contributed by atoms with E-state index >= 15 is 0 Å². The monoisotopic (exact) mass is 1000 g/mol. The van der Waals surface area contributed by atoms with Crippen LogP contribution in [-0.4, -0.2) is 9.55 Å². The van der Waals surface area contributed by atoms with E-state index in [1.165, 1.54) is 27.8 Å². The van der Waals surface area contributed by atoms with Gasteiger partial charge in [-0.3, -0.25) is 0 Å². The molecule has 7 aromatic carbocycles. The molecular formula is C57H49N4OPt-3. The Morgan fingerprint density at radius 3 is 1.92 bits per heavy atom. The van der Waals surface area contributed by atoms with Gasteiger partial charge in [-0.15, -0.1) is 48.3 Å². The zero-order chi connectivity index (χ0) is 42.5. The van der Waals surface area contributed by atoms with Crippen LogP contribution in [0, 0.1) is 18.8 Å². The van der Waals surface area contributed by atoms with E-state index < -0.39 is 0 Å². The predicted octanol–water partition coefficient (Wildman–Crippen LogP) is 15.7. The maximum atomic E-state index is 6.81. The number of ether oxygens (including phenoxy) is 1. The van der Waals surface area contributed by atoms with E-state index in [9.17, 15) is 0 Å². The normalized spacial score (nSPS) is 12.5. The fourth-order valence-corrected chi connectivity index (χ4v) is 8.81. The first-order chi connectivity index (χ1) is 30.2. The molecule has 0 fully saturated rings. The molecule has 1 aliphatic heterocycles. The third-order valence-electron chi connectivity index (χ3n) is 12.0. The summed E-state index contributed by atoms with van der Waals surface area (Å²) in [5.74, 6) is 3.11. The van der Waals surface area contributed by atoms with Crippen LogP contribution >= 0.6 is 0 Å². The van der Waals surface area contributed by atoms with E-state index in [2.05, 4.69) is 220 Å². The van der Waals surface area contributed by atoms with Gasteiger partial charge in [0.15, 0.2) is 0 Å². The van der Waals surface area contributed by atoms with Gasteiger partial charge in [-0.05, 0) is 99.0 Å². The summed E-state index contributed by atoms with van der Waals surface area (Å²) < 4.78 is 9.04. The number of nitrogens with zero attached hydrogens (tertiary/aromatic N) is 4. The van der Waals surface area contributed by atoms with Gasteiger partial charge in [0.25, 0.3) is 0 Å². The van der Waals surface area contributed by atoms with E-state index in [0.717, 1.165) is 61.5 Å². The summed E-state index contributed by atoms with van der Waals surface area (Å²) in [5, 5.41) is 2.31. The van der Waals surface area contributed by atoms with Gasteiger partial charge in [0.2, 0.25) is 0 Å². The van der Waals surface area contributed by atoms with Crippen LogP contribution in [0.4, 0.5) is 22.7 Å². The summed E-state index contributed by atoms with van der Waals surface area (Å²) in [6, 6.07) is 63.2. The number of anilines is 4. The molecule has 10 rings (SSSR count). The molecular weight excluding hydrogens is 952 g/mol. The molecule has 0 amide bonds. The average Bonchev–Trinajstić information content (AvgIpc) is 3.85. The van der Waals surface area contributed by atoms with Crippen molar-refractivity contribution in [3.8, 4) is 39.6 Å². The Morgan fingerprint density at radius 1 is 0.556 bits per heavy atom. The summed E-state index contributed by atoms with van der Waals surface area (Å²) in [6.45, 7) is 15.7. The fourth-order valence-electron chi connectivity index (χ4n) is 8.81. The van der Waals surface area contributed by atoms with Crippen molar-refractivity contribution >= 4 is 44.6 Å². The zero-order valence-electron chi connectivity index (χ0n) is 36.4. The summed E-state index contributed by atoms with van der Waals surface area (Å²) in [6.07, 6.45) is 1.91. The van der Waals surface area contributed by atoms with Crippen LogP contribution in [-0.2, 0) is 21.1 Å². The summed E-state index contributed by atoms with van der Waals surface area (Å²) >= 11 is 0. The van der Waals surface area contributed by atoms with E-state index in [4.69, 9.17) is 9.72 Å². The first-order valence-electron chi connectivity index (χ1n) is 21.7. The average molecular weight is 1000 g/mol. The second-order valence-corrected chi connectivity index (χ2v) is 17.1. The minimum atomic E-state index is 0. The van der Waals surface area contributed by atoms with Crippen LogP contribution in [0.5, 0.6) is 11.5 Å². The van der Waals surface area contributed by atoms with E-state index in [-0.39, 0.29) is 27.0 Å². The number of para-hydroxylation sites is 3. The van der Waals surface area contributed by atoms with Crippen molar-refractivity contribution in [2.24, 2.45) is 0 Å². The molecule has 9 aromatic rings. The predicted molar refractivity (Wildman–Crippen MR) is 257 cm³/mol. The van der Waals surface area contributed by atoms with Crippen LogP contribution in [0.3, 0.4) is 0 Å². The number of hydrogen-bond acceptors (Lipinski definition) is 4. The summed E-state index contributed by atoms with van der Waals surface area (Å²) in [5.41, 5.74) is 14.7. The number of aromatic nitrogens is 2. The molecule has 2 aromatic heterocycles. The molecule has 0 saturated heterocycles. The molecule has 0 radical (unpaired) electrons. The van der Waals surface area contributed by atoms with E-state index in [1.54, 1.807) is 0 Å². The molecule has 63 heavy (non-hydrogen) atoms. The maximum absolute atomic E-state index is 6.81. The Bertz CT molecular complexity index is 3070. The topological polar surface area (TPSA) is 33.5 Å². The molecule has 0 N–H and O–H groups in total. The van der Waals surface area contributed by atoms with Gasteiger partial charge in [0.05, 0.1) is 0 Å². The Kier molecular flexibility index (Phi) is 11.6. The zero-order valence-corrected chi connectivity index (χ0v) is 38.7. The smallest absolute Gasteiger partial charge is 0.136 e. The van der Waals surface area contributed by atoms with Crippen LogP contribution in [0.15, 0.2) is 164 Å². The van der Waals surface area contributed by atoms with Crippen LogP contribution in [0.25, 0.3) is 49.9 Å². The number of pyridine rings is 1. The molecule has 0 bridgehead atoms. The van der Waals surface area contributed by atoms with Crippen molar-refractivity contribution in [3.05, 3.63) is 199 Å². The summed E-state index contributed by atoms with van der Waals surface area (Å²) in [7, 11) is 0. The van der Waals surface area contributed by atoms with Crippen LogP contribution in [0.2, 0.25) is 0 Å². The van der Waals surface area contributed by atoms with E-state index in [0.29, 0.717) is 23.3 Å². The fraction of sp³-hybridized carbons (Fsp3) is 0.158. The second kappa shape index (κ2) is 17.4. The van der Waals surface area contributed by atoms with Gasteiger partial charge < -0.3 is 19.1 Å². The van der Waals surface area contributed by atoms with Gasteiger partial charge in [0, 0.05) is 61.3 Å². The molecule has 1 aliphatic rings. The van der Waals surface area contributed by atoms with Gasteiger partial charge in [0.1, 0.15) is 5.82 Å². The standard InChI is InChI=1S/C57H49N4O.Pt/c1-37(2)42-29-43(38(3)4)31-45(30-42)60-36-59(53-25-14-15-26-54(53)60)44-19-16-20-46(33-44)62-47-34-51(39(5)6)57-50-23-12-13-24-52(50)61(55(57)35-47)56-32-41(27-28-58-56)49-22-11-10-21-48(49)40-17-8-7-9-18-40;/h7-32,34,36-39H,1-6H3;/q-3;. The molecule has 316 valence electrons. The quantitative estimate of drug-likeness (QED) is 0.128. The maximum Gasteiger partial charge on any atom is 0.136 e. The van der Waals surface area contributed by atoms with Gasteiger partial charge >= 0.3 is 0 Å². The largest absolute Gasteiger partial charge is 0.509 e. The Balaban J connectivity index is 0.00000504. The van der Waals surface area contributed by atoms with Crippen LogP contribution < -0.4 is 14.5 Å². The molecule has 0 unspecified atom stereocenters. The number of rotatable bonds is 10. The molecule has 0 spiro atoms. The minimum Gasteiger partial charge on any atom is -0.509 e.